The van der Waals surface area contributed by atoms with Crippen LogP contribution in [0.2, 0.25) is 0 Å². The van der Waals surface area contributed by atoms with Crippen LogP contribution in [0.25, 0.3) is 0 Å². The van der Waals surface area contributed by atoms with Crippen LogP contribution in [0.15, 0.2) is 35.6 Å². The van der Waals surface area contributed by atoms with E-state index < -0.39 is 70.6 Å². The number of hydrogen-bond donors (Lipinski definition) is 1. The number of urea groups is 3. The van der Waals surface area contributed by atoms with Crippen LogP contribution in [0.3, 0.4) is 0 Å². The van der Waals surface area contributed by atoms with E-state index in [1.165, 1.54) is 62.6 Å². The smallest absolute Gasteiger partial charge is 0.724 e. The van der Waals surface area contributed by atoms with Gasteiger partial charge >= 0.3 is 65.6 Å². The molecule has 6 atom stereocenters. The third kappa shape index (κ3) is 14.4. The zero-order chi connectivity index (χ0) is 46.5. The molecule has 2 N–H and O–H groups in total. The van der Waals surface area contributed by atoms with E-state index in [2.05, 4.69) is 52.8 Å². The Labute approximate surface area is 402 Å². The molecule has 6 rings (SSSR count). The molecule has 6 aliphatic rings. The van der Waals surface area contributed by atoms with E-state index in [1.54, 1.807) is 0 Å². The summed E-state index contributed by atoms with van der Waals surface area (Å²) in [6.07, 6.45) is 3.24. The minimum atomic E-state index is -5.14. The first-order chi connectivity index (χ1) is 29.4. The molecule has 0 saturated carbocycles. The molecule has 65 heavy (non-hydrogen) atoms. The fourth-order valence-corrected chi connectivity index (χ4v) is 7.19. The van der Waals surface area contributed by atoms with Gasteiger partial charge in [0.2, 0.25) is 10.4 Å². The zero-order valence-electron chi connectivity index (χ0n) is 35.9. The predicted molar refractivity (Wildman–Crippen MR) is 217 cm³/mol. The summed E-state index contributed by atoms with van der Waals surface area (Å²) in [7, 11) is 2.59. The van der Waals surface area contributed by atoms with Crippen molar-refractivity contribution >= 4 is 76.0 Å². The van der Waals surface area contributed by atoms with Crippen molar-refractivity contribution in [2.75, 3.05) is 75.5 Å². The van der Waals surface area contributed by atoms with Crippen LogP contribution in [0.1, 0.15) is 26.7 Å². The van der Waals surface area contributed by atoms with Crippen molar-refractivity contribution in [1.29, 1.82) is 0 Å². The quantitative estimate of drug-likeness (QED) is 0.0348. The number of ketones is 1. The number of Topliss-reactive ketones (excluding diaryl/α,β-unsaturated/α-hetero) is 1. The van der Waals surface area contributed by atoms with E-state index in [0.29, 0.717) is 17.3 Å². The Bertz CT molecular complexity index is 1900. The van der Waals surface area contributed by atoms with Crippen LogP contribution in [0.4, 0.5) is 14.4 Å². The van der Waals surface area contributed by atoms with E-state index in [4.69, 9.17) is 19.2 Å². The number of halogens is 1. The molecule has 362 valence electrons. The number of rotatable bonds is 13. The van der Waals surface area contributed by atoms with Crippen molar-refractivity contribution in [2.24, 2.45) is 16.2 Å². The van der Waals surface area contributed by atoms with Crippen molar-refractivity contribution < 1.29 is 119 Å². The number of nitrogens with zero attached hydrogens (tertiary/aromatic N) is 8. The summed E-state index contributed by atoms with van der Waals surface area (Å²) in [6.45, 7) is 7.74. The third-order valence-corrected chi connectivity index (χ3v) is 9.74. The van der Waals surface area contributed by atoms with Gasteiger partial charge in [0.05, 0.1) is 72.7 Å². The number of fused-ring (bicyclic) bond motifs is 6. The summed E-state index contributed by atoms with van der Waals surface area (Å²) in [5.41, 5.74) is 0.771. The molecule has 0 aromatic carbocycles. The topological polar surface area (TPSA) is 330 Å². The number of piperidine rings is 3. The first kappa shape index (κ1) is 60.3. The van der Waals surface area contributed by atoms with Gasteiger partial charge in [0, 0.05) is 19.3 Å². The number of oxime groups is 2. The molecule has 31 heteroatoms. The molecule has 6 bridgehead atoms. The van der Waals surface area contributed by atoms with Gasteiger partial charge in [-0.15, -0.1) is 25.6 Å². The minimum Gasteiger partial charge on any atom is -0.724 e. The molecule has 0 unspecified atom stereocenters. The zero-order valence-corrected chi connectivity index (χ0v) is 39.6. The van der Waals surface area contributed by atoms with Crippen molar-refractivity contribution in [3.63, 3.8) is 0 Å². The molecule has 0 aromatic rings. The molecule has 6 saturated heterocycles. The summed E-state index contributed by atoms with van der Waals surface area (Å²) in [5, 5.41) is 10.2. The maximum Gasteiger partial charge on any atom is 1.00 e. The Hall–Kier alpha value is -4.69. The largest absolute Gasteiger partial charge is 1.00 e. The van der Waals surface area contributed by atoms with Crippen molar-refractivity contribution in [1.82, 2.24) is 29.9 Å². The Kier molecular flexibility index (Phi) is 25.7. The molecule has 0 spiro atoms. The van der Waals surface area contributed by atoms with Crippen LogP contribution in [-0.2, 0) is 72.3 Å². The number of ether oxygens (including phenoxy) is 3. The van der Waals surface area contributed by atoms with Crippen LogP contribution in [-0.4, -0.2) is 208 Å². The van der Waals surface area contributed by atoms with Crippen molar-refractivity contribution in [2.45, 2.75) is 62.9 Å². The van der Waals surface area contributed by atoms with Crippen LogP contribution in [0.5, 0.6) is 0 Å². The molecular formula is C34H53ClN9NaO19S. The summed E-state index contributed by atoms with van der Waals surface area (Å²) in [6, 6.07) is -6.26. The molecular weight excluding hydrogens is 929 g/mol. The number of nitrogens with two attached hydrogens (primary N) is 1. The summed E-state index contributed by atoms with van der Waals surface area (Å²) in [4.78, 5) is 111. The number of hydroxylamine groups is 6. The summed E-state index contributed by atoms with van der Waals surface area (Å²) in [5.74, 6) is 2.39. The van der Waals surface area contributed by atoms with Gasteiger partial charge in [-0.3, -0.25) is 14.5 Å². The van der Waals surface area contributed by atoms with Crippen LogP contribution < -0.4 is 35.5 Å². The van der Waals surface area contributed by atoms with Crippen LogP contribution in [0, 0.1) is 0 Å². The number of amides is 6. The van der Waals surface area contributed by atoms with Gasteiger partial charge in [-0.2, -0.15) is 19.5 Å². The minimum absolute atomic E-state index is 0. The summed E-state index contributed by atoms with van der Waals surface area (Å²) >= 11 is 0. The SMILES string of the molecule is C.C=CCON1C(=O)N2C[C@H]1C(=NOC)C[C@H]2C(=O)OC.C=CCON1C(=O)N2C[C@H]1C(=O)C[C@H]2C(=O)OC.CON.CON=C1C[C@@H](C(=O)OC)N2C[C@@H]1N(OS(=O)(=O)[O-])C2=O.Cl.[Na+]. The van der Waals surface area contributed by atoms with Gasteiger partial charge in [-0.05, 0) is 0 Å². The Morgan fingerprint density at radius 3 is 1.34 bits per heavy atom. The van der Waals surface area contributed by atoms with E-state index in [9.17, 15) is 46.5 Å². The van der Waals surface area contributed by atoms with Gasteiger partial charge in [0.25, 0.3) is 0 Å². The summed E-state index contributed by atoms with van der Waals surface area (Å²) < 4.78 is 50.2. The monoisotopic (exact) mass is 981 g/mol. The van der Waals surface area contributed by atoms with E-state index >= 15 is 0 Å². The van der Waals surface area contributed by atoms with Gasteiger partial charge in [-0.1, -0.05) is 29.9 Å². The van der Waals surface area contributed by atoms with Crippen LogP contribution >= 0.6 is 12.4 Å². The van der Waals surface area contributed by atoms with E-state index in [1.807, 2.05) is 0 Å². The molecule has 6 amide bonds. The fourth-order valence-electron chi connectivity index (χ4n) is 6.83. The van der Waals surface area contributed by atoms with Gasteiger partial charge in [-0.25, -0.2) is 43.1 Å². The standard InChI is InChI=1S/C12H17N3O5.C11H14N2O5.C9H13N3O8S.CH5NO.CH4.ClH.Na/c1-4-5-20-15-10-7-14(12(15)17)9(11(16)18-2)6-8(10)13-19-3;1-3-4-18-13-8-6-12(11(13)16)7(5-9(8)14)10(15)17-2;1-18-8(13)6-3-5(10-19-2)7-4-11(6)9(14)12(7)20-21(15,16)17;1-3-2;;;/h4,9-10H,1,5-7H2,2-3H3;3,7-8H,1,4-6H2,2H3;6-7H,3-4H2,1-2H3,(H,15,16,17);2H2,1H3;1H4;1H;/q;;;;;;+1/p-1/t9-,10-;7-,8-;6-,7-;;;;/m000..../s1. The molecule has 6 fully saturated rings. The normalized spacial score (nSPS) is 24.7. The third-order valence-electron chi connectivity index (χ3n) is 9.40. The number of carbonyl (C=O) groups excluding carboxylic acids is 7. The first-order valence-corrected chi connectivity index (χ1v) is 19.4. The average Bonchev–Trinajstić information content (AvgIpc) is 3.79. The molecule has 6 heterocycles. The van der Waals surface area contributed by atoms with Gasteiger partial charge < -0.3 is 48.0 Å². The van der Waals surface area contributed by atoms with Gasteiger partial charge in [0.1, 0.15) is 50.5 Å². The second-order valence-electron chi connectivity index (χ2n) is 12.9. The molecule has 0 aromatic heterocycles. The first-order valence-electron chi connectivity index (χ1n) is 18.0. The maximum absolute atomic E-state index is 12.3. The molecule has 0 radical (unpaired) electrons. The van der Waals surface area contributed by atoms with E-state index in [0.717, 1.165) is 17.1 Å². The Morgan fingerprint density at radius 2 is 1.00 bits per heavy atom. The second kappa shape index (κ2) is 27.7. The second-order valence-corrected chi connectivity index (χ2v) is 13.9. The van der Waals surface area contributed by atoms with Crippen molar-refractivity contribution in [3.05, 3.63) is 25.3 Å². The Morgan fingerprint density at radius 1 is 0.677 bits per heavy atom. The molecule has 6 aliphatic heterocycles. The fraction of sp³-hybridized carbons (Fsp3) is 0.618. The number of methoxy groups -OCH3 is 3. The maximum atomic E-state index is 12.3. The van der Waals surface area contributed by atoms with Crippen molar-refractivity contribution in [3.8, 4) is 0 Å². The van der Waals surface area contributed by atoms with E-state index in [-0.39, 0.29) is 119 Å². The number of esters is 3. The average molecular weight is 982 g/mol. The number of hydrogen-bond acceptors (Lipinski definition) is 22. The molecule has 0 aliphatic carbocycles. The molecule has 28 nitrogen and oxygen atoms in total. The van der Waals surface area contributed by atoms with Gasteiger partial charge in [0.15, 0.2) is 5.78 Å². The number of carbonyl (C=O) groups is 7. The predicted octanol–water partition coefficient (Wildman–Crippen LogP) is -4.12. The Balaban J connectivity index is 0.000000898.